The summed E-state index contributed by atoms with van der Waals surface area (Å²) in [6.07, 6.45) is 0. The van der Waals surface area contributed by atoms with Crippen LogP contribution in [-0.4, -0.2) is 30.6 Å². The summed E-state index contributed by atoms with van der Waals surface area (Å²) >= 11 is 0. The SMILES string of the molecule is CN([C@H](c1ccc(C(C)(C)C)cc1)c1ccccc1P(C(C)(C)C)C(C)(C)C)[S@](=O)C(C)(C)C. The average molecular weight is 502 g/mol. The van der Waals surface area contributed by atoms with Gasteiger partial charge in [-0.25, -0.2) is 8.51 Å². The fourth-order valence-corrected chi connectivity index (χ4v) is 10.4. The highest BCUT2D eigenvalue weighted by atomic mass is 32.2. The normalized spacial score (nSPS) is 15.6. The lowest BCUT2D eigenvalue weighted by Gasteiger charge is -2.44. The summed E-state index contributed by atoms with van der Waals surface area (Å²) in [6, 6.07) is 17.8. The van der Waals surface area contributed by atoms with Crippen molar-refractivity contribution >= 4 is 24.2 Å². The van der Waals surface area contributed by atoms with E-state index < -0.39 is 18.9 Å². The van der Waals surface area contributed by atoms with Crippen LogP contribution in [0.4, 0.5) is 0 Å². The van der Waals surface area contributed by atoms with Crippen LogP contribution in [0.5, 0.6) is 0 Å². The Hall–Kier alpha value is -1.02. The second kappa shape index (κ2) is 10.2. The number of nitrogens with zero attached hydrogens (tertiary/aromatic N) is 1. The summed E-state index contributed by atoms with van der Waals surface area (Å²) in [7, 11) is 0.362. The predicted octanol–water partition coefficient (Wildman–Crippen LogP) is 8.17. The lowest BCUT2D eigenvalue weighted by Crippen LogP contribution is -2.40. The first-order valence-corrected chi connectivity index (χ1v) is 14.9. The first-order valence-electron chi connectivity index (χ1n) is 12.4. The number of rotatable bonds is 5. The van der Waals surface area contributed by atoms with Crippen molar-refractivity contribution in [2.24, 2.45) is 0 Å². The molecule has 2 aromatic carbocycles. The Kier molecular flexibility index (Phi) is 8.72. The third kappa shape index (κ3) is 6.80. The minimum absolute atomic E-state index is 0.0834. The molecule has 0 spiro atoms. The van der Waals surface area contributed by atoms with Gasteiger partial charge in [0.1, 0.15) is 11.0 Å². The molecule has 0 aliphatic heterocycles. The van der Waals surface area contributed by atoms with E-state index >= 15 is 0 Å². The number of benzene rings is 2. The minimum atomic E-state index is -1.16. The molecule has 0 heterocycles. The Labute approximate surface area is 214 Å². The maximum absolute atomic E-state index is 13.7. The second-order valence-corrected chi connectivity index (χ2v) is 19.6. The zero-order valence-electron chi connectivity index (χ0n) is 23.9. The van der Waals surface area contributed by atoms with Crippen LogP contribution in [-0.2, 0) is 16.4 Å². The van der Waals surface area contributed by atoms with Gasteiger partial charge in [0.05, 0.1) is 10.8 Å². The van der Waals surface area contributed by atoms with E-state index in [9.17, 15) is 4.21 Å². The maximum atomic E-state index is 13.7. The molecular formula is C30H48NOPS. The van der Waals surface area contributed by atoms with E-state index in [0.29, 0.717) is 0 Å². The highest BCUT2D eigenvalue weighted by Gasteiger charge is 2.39. The molecule has 0 N–H and O–H groups in total. The lowest BCUT2D eigenvalue weighted by molar-refractivity contribution is 0.441. The summed E-state index contributed by atoms with van der Waals surface area (Å²) in [5.74, 6) is 0. The number of hydrogen-bond acceptors (Lipinski definition) is 1. The molecule has 190 valence electrons. The molecule has 0 fully saturated rings. The van der Waals surface area contributed by atoms with E-state index in [1.165, 1.54) is 22.0 Å². The van der Waals surface area contributed by atoms with E-state index in [4.69, 9.17) is 0 Å². The molecule has 0 radical (unpaired) electrons. The quantitative estimate of drug-likeness (QED) is 0.378. The van der Waals surface area contributed by atoms with Gasteiger partial charge in [-0.15, -0.1) is 0 Å². The maximum Gasteiger partial charge on any atom is 0.100 e. The second-order valence-electron chi connectivity index (χ2n) is 13.4. The molecule has 0 saturated heterocycles. The van der Waals surface area contributed by atoms with Crippen molar-refractivity contribution in [3.63, 3.8) is 0 Å². The van der Waals surface area contributed by atoms with Gasteiger partial charge in [0.2, 0.25) is 0 Å². The Bertz CT molecular complexity index is 971. The van der Waals surface area contributed by atoms with Crippen LogP contribution < -0.4 is 5.30 Å². The Morgan fingerprint density at radius 1 is 0.735 bits per heavy atom. The smallest absolute Gasteiger partial charge is 0.100 e. The largest absolute Gasteiger partial charge is 0.242 e. The molecule has 2 atom stereocenters. The zero-order chi connectivity index (χ0) is 26.3. The number of hydrogen-bond donors (Lipinski definition) is 0. The molecule has 0 aliphatic rings. The Morgan fingerprint density at radius 2 is 1.21 bits per heavy atom. The van der Waals surface area contributed by atoms with Gasteiger partial charge in [-0.2, -0.15) is 0 Å². The van der Waals surface area contributed by atoms with E-state index in [-0.39, 0.29) is 26.5 Å². The van der Waals surface area contributed by atoms with Crippen LogP contribution in [0.25, 0.3) is 0 Å². The Morgan fingerprint density at radius 3 is 1.62 bits per heavy atom. The van der Waals surface area contributed by atoms with Crippen molar-refractivity contribution in [3.05, 3.63) is 65.2 Å². The van der Waals surface area contributed by atoms with E-state index in [1.54, 1.807) is 0 Å². The van der Waals surface area contributed by atoms with Crippen LogP contribution in [0.2, 0.25) is 0 Å². The molecule has 4 heteroatoms. The molecule has 0 bridgehead atoms. The van der Waals surface area contributed by atoms with Gasteiger partial charge in [-0.3, -0.25) is 0 Å². The predicted molar refractivity (Wildman–Crippen MR) is 155 cm³/mol. The monoisotopic (exact) mass is 501 g/mol. The van der Waals surface area contributed by atoms with Gasteiger partial charge >= 0.3 is 0 Å². The van der Waals surface area contributed by atoms with Crippen molar-refractivity contribution in [3.8, 4) is 0 Å². The van der Waals surface area contributed by atoms with Crippen molar-refractivity contribution in [2.45, 2.75) is 110 Å². The molecule has 0 saturated carbocycles. The van der Waals surface area contributed by atoms with Crippen molar-refractivity contribution in [1.29, 1.82) is 0 Å². The van der Waals surface area contributed by atoms with Gasteiger partial charge < -0.3 is 0 Å². The molecular weight excluding hydrogens is 453 g/mol. The van der Waals surface area contributed by atoms with E-state index in [0.717, 1.165) is 0 Å². The molecule has 2 rings (SSSR count). The summed E-state index contributed by atoms with van der Waals surface area (Å²) < 4.78 is 15.4. The Balaban J connectivity index is 2.81. The highest BCUT2D eigenvalue weighted by Crippen LogP contribution is 2.59. The van der Waals surface area contributed by atoms with E-state index in [2.05, 4.69) is 136 Å². The zero-order valence-corrected chi connectivity index (χ0v) is 25.6. The van der Waals surface area contributed by atoms with Crippen LogP contribution in [0.3, 0.4) is 0 Å². The first kappa shape index (κ1) is 29.2. The fraction of sp³-hybridized carbons (Fsp3) is 0.600. The summed E-state index contributed by atoms with van der Waals surface area (Å²) in [6.45, 7) is 27.1. The van der Waals surface area contributed by atoms with Crippen molar-refractivity contribution in [2.75, 3.05) is 7.05 Å². The van der Waals surface area contributed by atoms with Crippen LogP contribution >= 0.6 is 7.92 Å². The van der Waals surface area contributed by atoms with Gasteiger partial charge in [0, 0.05) is 7.05 Å². The third-order valence-electron chi connectivity index (χ3n) is 6.06. The molecule has 0 aromatic heterocycles. The van der Waals surface area contributed by atoms with Crippen molar-refractivity contribution in [1.82, 2.24) is 4.31 Å². The molecule has 0 aliphatic carbocycles. The van der Waals surface area contributed by atoms with E-state index in [1.807, 2.05) is 7.05 Å². The fourth-order valence-electron chi connectivity index (χ4n) is 4.93. The standard InChI is InChI=1S/C30H48NOPS/c1-27(2,3)23-20-18-22(19-21-23)26(31(13)34(32)30(10,11)12)24-16-14-15-17-25(24)33(28(4,5)6)29(7,8)9/h14-21,26H,1-13H3/t26-,34-/m1/s1. The van der Waals surface area contributed by atoms with Gasteiger partial charge in [-0.1, -0.05) is 119 Å². The average Bonchev–Trinajstić information content (AvgIpc) is 2.65. The molecule has 2 aromatic rings. The van der Waals surface area contributed by atoms with Gasteiger partial charge in [-0.05, 0) is 58.5 Å². The topological polar surface area (TPSA) is 20.3 Å². The van der Waals surface area contributed by atoms with Crippen molar-refractivity contribution < 1.29 is 4.21 Å². The summed E-state index contributed by atoms with van der Waals surface area (Å²) in [5, 5.41) is 1.71. The molecule has 0 amide bonds. The first-order chi connectivity index (χ1) is 15.3. The van der Waals surface area contributed by atoms with Gasteiger partial charge in [0.25, 0.3) is 0 Å². The third-order valence-corrected chi connectivity index (χ3v) is 11.4. The molecule has 0 unspecified atom stereocenters. The summed E-state index contributed by atoms with van der Waals surface area (Å²) in [5.41, 5.74) is 3.88. The molecule has 2 nitrogen and oxygen atoms in total. The highest BCUT2D eigenvalue weighted by molar-refractivity contribution is 7.84. The van der Waals surface area contributed by atoms with Gasteiger partial charge in [0.15, 0.2) is 0 Å². The lowest BCUT2D eigenvalue weighted by atomic mass is 9.86. The van der Waals surface area contributed by atoms with Crippen LogP contribution in [0, 0.1) is 0 Å². The summed E-state index contributed by atoms with van der Waals surface area (Å²) in [4.78, 5) is 0. The van der Waals surface area contributed by atoms with Crippen LogP contribution in [0.15, 0.2) is 48.5 Å². The van der Waals surface area contributed by atoms with Crippen LogP contribution in [0.1, 0.15) is 106 Å². The minimum Gasteiger partial charge on any atom is -0.242 e. The molecule has 34 heavy (non-hydrogen) atoms.